The molecule has 0 aliphatic heterocycles. The van der Waals surface area contributed by atoms with E-state index in [-0.39, 0.29) is 0 Å². The van der Waals surface area contributed by atoms with Gasteiger partial charge in [-0.2, -0.15) is 0 Å². The number of rotatable bonds is 1. The van der Waals surface area contributed by atoms with E-state index in [1.807, 2.05) is 30.5 Å². The number of nitrogens with zero attached hydrogens (tertiary/aromatic N) is 3. The molecule has 2 N–H and O–H groups in total. The lowest BCUT2D eigenvalue weighted by Gasteiger charge is -2.02. The molecule has 3 rings (SSSR count). The first kappa shape index (κ1) is 10.2. The summed E-state index contributed by atoms with van der Waals surface area (Å²) in [5.41, 5.74) is 8.72. The maximum Gasteiger partial charge on any atom is 0.180 e. The summed E-state index contributed by atoms with van der Waals surface area (Å²) in [6.45, 7) is 2.02. The number of thiophene rings is 1. The molecule has 0 atom stereocenters. The summed E-state index contributed by atoms with van der Waals surface area (Å²) in [6.07, 6.45) is 1.72. The standard InChI is InChI=1S/C12H10N4S/c1-7-6-17-10-9(7)15-12(16-11(10)13)8-4-2-3-5-14-8/h2-6H,1H3,(H2,13,15,16). The molecule has 0 fully saturated rings. The maximum absolute atomic E-state index is 5.94. The summed E-state index contributed by atoms with van der Waals surface area (Å²) < 4.78 is 0.946. The zero-order chi connectivity index (χ0) is 11.8. The van der Waals surface area contributed by atoms with Gasteiger partial charge in [-0.3, -0.25) is 4.98 Å². The normalized spacial score (nSPS) is 10.9. The van der Waals surface area contributed by atoms with Crippen LogP contribution in [0.25, 0.3) is 21.7 Å². The van der Waals surface area contributed by atoms with Crippen molar-refractivity contribution in [2.24, 2.45) is 0 Å². The Morgan fingerprint density at radius 3 is 2.88 bits per heavy atom. The second-order valence-corrected chi connectivity index (χ2v) is 4.62. The largest absolute Gasteiger partial charge is 0.382 e. The Balaban J connectivity index is 2.28. The van der Waals surface area contributed by atoms with E-state index in [1.165, 1.54) is 0 Å². The van der Waals surface area contributed by atoms with E-state index in [0.29, 0.717) is 11.6 Å². The fraction of sp³-hybridized carbons (Fsp3) is 0.0833. The Bertz CT molecular complexity index is 676. The van der Waals surface area contributed by atoms with Crippen LogP contribution in [-0.2, 0) is 0 Å². The molecule has 0 unspecified atom stereocenters. The molecule has 0 aliphatic rings. The van der Waals surface area contributed by atoms with Crippen molar-refractivity contribution < 1.29 is 0 Å². The number of aromatic nitrogens is 3. The highest BCUT2D eigenvalue weighted by Gasteiger charge is 2.10. The van der Waals surface area contributed by atoms with Crippen LogP contribution < -0.4 is 5.73 Å². The average Bonchev–Trinajstić information content (AvgIpc) is 2.73. The zero-order valence-corrected chi connectivity index (χ0v) is 10.0. The van der Waals surface area contributed by atoms with Gasteiger partial charge in [0.15, 0.2) is 5.82 Å². The summed E-state index contributed by atoms with van der Waals surface area (Å²) >= 11 is 1.57. The number of nitrogens with two attached hydrogens (primary N) is 1. The fourth-order valence-electron chi connectivity index (χ4n) is 1.66. The van der Waals surface area contributed by atoms with Crippen LogP contribution in [0.3, 0.4) is 0 Å². The maximum atomic E-state index is 5.94. The zero-order valence-electron chi connectivity index (χ0n) is 9.21. The molecular formula is C12H10N4S. The van der Waals surface area contributed by atoms with E-state index >= 15 is 0 Å². The van der Waals surface area contributed by atoms with Crippen molar-refractivity contribution in [3.63, 3.8) is 0 Å². The van der Waals surface area contributed by atoms with Gasteiger partial charge in [-0.1, -0.05) is 6.07 Å². The molecule has 3 heterocycles. The monoisotopic (exact) mass is 242 g/mol. The molecule has 0 aromatic carbocycles. The smallest absolute Gasteiger partial charge is 0.180 e. The van der Waals surface area contributed by atoms with Gasteiger partial charge in [0.25, 0.3) is 0 Å². The van der Waals surface area contributed by atoms with E-state index in [9.17, 15) is 0 Å². The molecule has 0 bridgehead atoms. The fourth-order valence-corrected chi connectivity index (χ4v) is 2.55. The number of aryl methyl sites for hydroxylation is 1. The molecule has 4 nitrogen and oxygen atoms in total. The molecule has 17 heavy (non-hydrogen) atoms. The SMILES string of the molecule is Cc1csc2c(N)nc(-c3ccccn3)nc12. The van der Waals surface area contributed by atoms with Crippen LogP contribution in [0.5, 0.6) is 0 Å². The quantitative estimate of drug-likeness (QED) is 0.712. The van der Waals surface area contributed by atoms with Gasteiger partial charge in [0.05, 0.1) is 10.2 Å². The average molecular weight is 242 g/mol. The summed E-state index contributed by atoms with van der Waals surface area (Å²) in [5, 5.41) is 2.04. The highest BCUT2D eigenvalue weighted by Crippen LogP contribution is 2.29. The minimum Gasteiger partial charge on any atom is -0.382 e. The Labute approximate surface area is 102 Å². The van der Waals surface area contributed by atoms with Crippen LogP contribution in [-0.4, -0.2) is 15.0 Å². The summed E-state index contributed by atoms with van der Waals surface area (Å²) in [5.74, 6) is 1.10. The topological polar surface area (TPSA) is 64.7 Å². The molecule has 0 aliphatic carbocycles. The highest BCUT2D eigenvalue weighted by molar-refractivity contribution is 7.17. The molecule has 84 valence electrons. The van der Waals surface area contributed by atoms with Crippen LogP contribution in [0.2, 0.25) is 0 Å². The summed E-state index contributed by atoms with van der Waals surface area (Å²) in [7, 11) is 0. The number of anilines is 1. The summed E-state index contributed by atoms with van der Waals surface area (Å²) in [6, 6.07) is 5.65. The number of pyridine rings is 1. The molecule has 0 saturated heterocycles. The Kier molecular flexibility index (Phi) is 2.26. The second kappa shape index (κ2) is 3.78. The van der Waals surface area contributed by atoms with Crippen molar-refractivity contribution in [1.29, 1.82) is 0 Å². The minimum absolute atomic E-state index is 0.522. The number of hydrogen-bond acceptors (Lipinski definition) is 5. The number of nitrogen functional groups attached to an aromatic ring is 1. The molecule has 0 saturated carbocycles. The molecular weight excluding hydrogens is 232 g/mol. The lowest BCUT2D eigenvalue weighted by molar-refractivity contribution is 1.18. The first-order chi connectivity index (χ1) is 8.25. The van der Waals surface area contributed by atoms with Crippen LogP contribution in [0.15, 0.2) is 29.8 Å². The van der Waals surface area contributed by atoms with Gasteiger partial charge in [-0.05, 0) is 30.0 Å². The summed E-state index contributed by atoms with van der Waals surface area (Å²) in [4.78, 5) is 13.1. The van der Waals surface area contributed by atoms with E-state index in [1.54, 1.807) is 17.5 Å². The Hall–Kier alpha value is -2.01. The van der Waals surface area contributed by atoms with E-state index in [4.69, 9.17) is 5.73 Å². The van der Waals surface area contributed by atoms with Crippen molar-refractivity contribution in [2.45, 2.75) is 6.92 Å². The van der Waals surface area contributed by atoms with Gasteiger partial charge in [0.1, 0.15) is 11.5 Å². The molecule has 3 aromatic rings. The van der Waals surface area contributed by atoms with Crippen molar-refractivity contribution in [1.82, 2.24) is 15.0 Å². The highest BCUT2D eigenvalue weighted by atomic mass is 32.1. The molecule has 0 amide bonds. The first-order valence-electron chi connectivity index (χ1n) is 5.18. The lowest BCUT2D eigenvalue weighted by atomic mass is 10.3. The Morgan fingerprint density at radius 1 is 1.24 bits per heavy atom. The van der Waals surface area contributed by atoms with E-state index in [0.717, 1.165) is 21.5 Å². The predicted octanol–water partition coefficient (Wildman–Crippen LogP) is 2.64. The van der Waals surface area contributed by atoms with Crippen LogP contribution in [0.4, 0.5) is 5.82 Å². The molecule has 0 spiro atoms. The lowest BCUT2D eigenvalue weighted by Crippen LogP contribution is -1.97. The molecule has 3 aromatic heterocycles. The van der Waals surface area contributed by atoms with Gasteiger partial charge in [-0.15, -0.1) is 11.3 Å². The second-order valence-electron chi connectivity index (χ2n) is 3.74. The molecule has 5 heteroatoms. The third-order valence-corrected chi connectivity index (χ3v) is 3.62. The first-order valence-corrected chi connectivity index (χ1v) is 6.06. The minimum atomic E-state index is 0.522. The number of hydrogen-bond donors (Lipinski definition) is 1. The Morgan fingerprint density at radius 2 is 2.12 bits per heavy atom. The van der Waals surface area contributed by atoms with Crippen LogP contribution in [0.1, 0.15) is 5.56 Å². The van der Waals surface area contributed by atoms with E-state index < -0.39 is 0 Å². The third kappa shape index (κ3) is 1.64. The van der Waals surface area contributed by atoms with Crippen LogP contribution in [0, 0.1) is 6.92 Å². The van der Waals surface area contributed by atoms with Gasteiger partial charge < -0.3 is 5.73 Å². The third-order valence-electron chi connectivity index (χ3n) is 2.51. The van der Waals surface area contributed by atoms with Crippen molar-refractivity contribution in [2.75, 3.05) is 5.73 Å². The predicted molar refractivity (Wildman–Crippen MR) is 69.8 cm³/mol. The molecule has 0 radical (unpaired) electrons. The van der Waals surface area contributed by atoms with Gasteiger partial charge in [0.2, 0.25) is 0 Å². The van der Waals surface area contributed by atoms with Crippen molar-refractivity contribution in [3.05, 3.63) is 35.3 Å². The van der Waals surface area contributed by atoms with E-state index in [2.05, 4.69) is 15.0 Å². The van der Waals surface area contributed by atoms with Crippen molar-refractivity contribution >= 4 is 27.4 Å². The van der Waals surface area contributed by atoms with Crippen molar-refractivity contribution in [3.8, 4) is 11.5 Å². The van der Waals surface area contributed by atoms with Gasteiger partial charge in [-0.25, -0.2) is 9.97 Å². The van der Waals surface area contributed by atoms with Crippen LogP contribution >= 0.6 is 11.3 Å². The van der Waals surface area contributed by atoms with Gasteiger partial charge in [0, 0.05) is 6.20 Å². The van der Waals surface area contributed by atoms with Gasteiger partial charge >= 0.3 is 0 Å². The number of fused-ring (bicyclic) bond motifs is 1.